The zero-order chi connectivity index (χ0) is 22.8. The van der Waals surface area contributed by atoms with E-state index in [1.54, 1.807) is 7.11 Å². The molecule has 11 heteroatoms. The second-order valence-corrected chi connectivity index (χ2v) is 14.2. The predicted octanol–water partition coefficient (Wildman–Crippen LogP) is 1.10. The van der Waals surface area contributed by atoms with Crippen LogP contribution in [0.2, 0.25) is 18.1 Å². The highest BCUT2D eigenvalue weighted by Crippen LogP contribution is 2.41. The maximum Gasteiger partial charge on any atom is 0.330 e. The third kappa shape index (κ3) is 5.53. The SMILES string of the molecule is COC1C(O[Si](C)(C)C(C)(C)C)[C@@H](CON2CCOCC2)O[C@H]1n1ccc(=O)[nH]c1=O. The van der Waals surface area contributed by atoms with Crippen LogP contribution in [0.4, 0.5) is 0 Å². The van der Waals surface area contributed by atoms with Gasteiger partial charge in [-0.15, -0.1) is 0 Å². The monoisotopic (exact) mass is 457 g/mol. The molecule has 0 radical (unpaired) electrons. The van der Waals surface area contributed by atoms with Crippen LogP contribution in [0.3, 0.4) is 0 Å². The zero-order valence-corrected chi connectivity index (χ0v) is 20.3. The molecule has 10 nitrogen and oxygen atoms in total. The third-order valence-corrected chi connectivity index (χ3v) is 10.8. The van der Waals surface area contributed by atoms with Crippen LogP contribution < -0.4 is 11.2 Å². The average Bonchev–Trinajstić information content (AvgIpc) is 3.02. The molecule has 2 fully saturated rings. The summed E-state index contributed by atoms with van der Waals surface area (Å²) in [4.78, 5) is 32.2. The topological polar surface area (TPSA) is 104 Å². The number of hydrogen-bond acceptors (Lipinski definition) is 8. The van der Waals surface area contributed by atoms with Crippen molar-refractivity contribution in [2.75, 3.05) is 40.0 Å². The van der Waals surface area contributed by atoms with Crippen LogP contribution in [0.5, 0.6) is 0 Å². The van der Waals surface area contributed by atoms with Crippen molar-refractivity contribution in [2.45, 2.75) is 63.4 Å². The molecule has 0 aliphatic carbocycles. The van der Waals surface area contributed by atoms with Crippen molar-refractivity contribution in [2.24, 2.45) is 0 Å². The lowest BCUT2D eigenvalue weighted by Crippen LogP contribution is -2.51. The lowest BCUT2D eigenvalue weighted by molar-refractivity contribution is -0.217. The van der Waals surface area contributed by atoms with Gasteiger partial charge >= 0.3 is 5.69 Å². The largest absolute Gasteiger partial charge is 0.408 e. The van der Waals surface area contributed by atoms with Gasteiger partial charge < -0.3 is 18.6 Å². The van der Waals surface area contributed by atoms with E-state index in [9.17, 15) is 9.59 Å². The number of morpholine rings is 1. The molecule has 1 aromatic rings. The fourth-order valence-corrected chi connectivity index (χ4v) is 4.78. The summed E-state index contributed by atoms with van der Waals surface area (Å²) in [5.41, 5.74) is -1.02. The van der Waals surface area contributed by atoms with Gasteiger partial charge in [0, 0.05) is 32.5 Å². The molecule has 0 amide bonds. The van der Waals surface area contributed by atoms with Gasteiger partial charge in [0.15, 0.2) is 14.5 Å². The Balaban J connectivity index is 1.87. The van der Waals surface area contributed by atoms with Gasteiger partial charge in [-0.2, -0.15) is 5.06 Å². The van der Waals surface area contributed by atoms with E-state index < -0.39 is 44.1 Å². The molecule has 2 saturated heterocycles. The Morgan fingerprint density at radius 3 is 2.45 bits per heavy atom. The number of methoxy groups -OCH3 is 1. The van der Waals surface area contributed by atoms with E-state index in [1.807, 2.05) is 5.06 Å². The van der Waals surface area contributed by atoms with Crippen LogP contribution in [-0.4, -0.2) is 81.3 Å². The number of hydroxylamine groups is 2. The van der Waals surface area contributed by atoms with Gasteiger partial charge in [-0.1, -0.05) is 20.8 Å². The van der Waals surface area contributed by atoms with E-state index in [4.69, 9.17) is 23.5 Å². The van der Waals surface area contributed by atoms with Gasteiger partial charge in [0.1, 0.15) is 18.3 Å². The smallest absolute Gasteiger partial charge is 0.330 e. The zero-order valence-electron chi connectivity index (χ0n) is 19.3. The number of aromatic amines is 1. The van der Waals surface area contributed by atoms with Crippen LogP contribution in [0, 0.1) is 0 Å². The Morgan fingerprint density at radius 1 is 1.19 bits per heavy atom. The Labute approximate surface area is 183 Å². The minimum atomic E-state index is -2.19. The summed E-state index contributed by atoms with van der Waals surface area (Å²) in [6, 6.07) is 1.29. The van der Waals surface area contributed by atoms with Gasteiger partial charge in [0.25, 0.3) is 5.56 Å². The van der Waals surface area contributed by atoms with Crippen molar-refractivity contribution in [3.05, 3.63) is 33.1 Å². The van der Waals surface area contributed by atoms with Crippen LogP contribution >= 0.6 is 0 Å². The molecule has 0 aromatic carbocycles. The van der Waals surface area contributed by atoms with Crippen molar-refractivity contribution in [3.8, 4) is 0 Å². The summed E-state index contributed by atoms with van der Waals surface area (Å²) < 4.78 is 25.5. The van der Waals surface area contributed by atoms with Gasteiger partial charge in [-0.05, 0) is 18.1 Å². The highest BCUT2D eigenvalue weighted by atomic mass is 28.4. The lowest BCUT2D eigenvalue weighted by Gasteiger charge is -2.40. The molecule has 3 rings (SSSR count). The third-order valence-electron chi connectivity index (χ3n) is 6.31. The fourth-order valence-electron chi connectivity index (χ4n) is 3.46. The normalized spacial score (nSPS) is 28.2. The van der Waals surface area contributed by atoms with E-state index in [2.05, 4.69) is 38.8 Å². The first-order valence-corrected chi connectivity index (χ1v) is 13.6. The summed E-state index contributed by atoms with van der Waals surface area (Å²) in [5.74, 6) is 0. The quantitative estimate of drug-likeness (QED) is 0.607. The summed E-state index contributed by atoms with van der Waals surface area (Å²) in [5, 5.41) is 1.84. The van der Waals surface area contributed by atoms with Crippen molar-refractivity contribution in [3.63, 3.8) is 0 Å². The van der Waals surface area contributed by atoms with Crippen molar-refractivity contribution in [1.29, 1.82) is 0 Å². The predicted molar refractivity (Wildman–Crippen MR) is 116 cm³/mol. The Kier molecular flexibility index (Phi) is 7.57. The van der Waals surface area contributed by atoms with Gasteiger partial charge in [-0.3, -0.25) is 19.2 Å². The van der Waals surface area contributed by atoms with Gasteiger partial charge in [0.05, 0.1) is 19.8 Å². The molecule has 0 spiro atoms. The van der Waals surface area contributed by atoms with E-state index in [1.165, 1.54) is 16.8 Å². The molecule has 1 aromatic heterocycles. The Bertz CT molecular complexity index is 844. The van der Waals surface area contributed by atoms with Crippen molar-refractivity contribution < 1.29 is 23.5 Å². The van der Waals surface area contributed by atoms with E-state index in [-0.39, 0.29) is 11.6 Å². The number of nitrogens with one attached hydrogen (secondary N) is 1. The van der Waals surface area contributed by atoms with Crippen LogP contribution in [-0.2, 0) is 23.5 Å². The minimum Gasteiger partial charge on any atom is -0.408 e. The highest BCUT2D eigenvalue weighted by molar-refractivity contribution is 6.74. The molecule has 2 aliphatic heterocycles. The van der Waals surface area contributed by atoms with Crippen molar-refractivity contribution >= 4 is 8.32 Å². The fraction of sp³-hybridized carbons (Fsp3) is 0.800. The molecule has 3 heterocycles. The first-order valence-electron chi connectivity index (χ1n) is 10.7. The summed E-state index contributed by atoms with van der Waals surface area (Å²) in [6.45, 7) is 13.7. The first kappa shape index (κ1) is 24.3. The summed E-state index contributed by atoms with van der Waals surface area (Å²) >= 11 is 0. The highest BCUT2D eigenvalue weighted by Gasteiger charge is 2.51. The molecule has 0 bridgehead atoms. The Hall–Kier alpha value is -1.34. The average molecular weight is 458 g/mol. The standard InChI is InChI=1S/C20H35N3O7Si/c1-20(2,3)31(5,6)30-16-14(13-28-22-9-11-27-12-10-22)29-18(17(16)26-4)23-8-7-15(24)21-19(23)25/h7-8,14,16-18H,9-13H2,1-6H3,(H,21,24,25)/t14-,16?,17?,18-/m1/s1. The number of ether oxygens (including phenoxy) is 3. The van der Waals surface area contributed by atoms with Gasteiger partial charge in [-0.25, -0.2) is 4.79 Å². The molecular formula is C20H35N3O7Si. The summed E-state index contributed by atoms with van der Waals surface area (Å²) in [7, 11) is -0.611. The number of nitrogens with zero attached hydrogens (tertiary/aromatic N) is 2. The second kappa shape index (κ2) is 9.65. The maximum atomic E-state index is 12.4. The number of hydrogen-bond donors (Lipinski definition) is 1. The first-order chi connectivity index (χ1) is 14.5. The van der Waals surface area contributed by atoms with E-state index >= 15 is 0 Å². The number of H-pyrrole nitrogens is 1. The lowest BCUT2D eigenvalue weighted by atomic mass is 10.1. The van der Waals surface area contributed by atoms with E-state index in [0.717, 1.165) is 0 Å². The molecule has 1 N–H and O–H groups in total. The minimum absolute atomic E-state index is 0.0200. The van der Waals surface area contributed by atoms with Crippen LogP contribution in [0.15, 0.2) is 21.9 Å². The number of rotatable bonds is 7. The molecule has 4 atom stereocenters. The maximum absolute atomic E-state index is 12.4. The number of aromatic nitrogens is 2. The van der Waals surface area contributed by atoms with Gasteiger partial charge in [0.2, 0.25) is 0 Å². The molecule has 0 saturated carbocycles. The molecular weight excluding hydrogens is 422 g/mol. The molecule has 2 unspecified atom stereocenters. The molecule has 31 heavy (non-hydrogen) atoms. The van der Waals surface area contributed by atoms with Crippen molar-refractivity contribution in [1.82, 2.24) is 14.6 Å². The molecule has 176 valence electrons. The second-order valence-electron chi connectivity index (χ2n) is 9.46. The van der Waals surface area contributed by atoms with Crippen LogP contribution in [0.1, 0.15) is 27.0 Å². The summed E-state index contributed by atoms with van der Waals surface area (Å²) in [6.07, 6.45) is -0.758. The van der Waals surface area contributed by atoms with Crippen LogP contribution in [0.25, 0.3) is 0 Å². The Morgan fingerprint density at radius 2 is 1.87 bits per heavy atom. The van der Waals surface area contributed by atoms with E-state index in [0.29, 0.717) is 26.3 Å². The molecule has 2 aliphatic rings.